The third kappa shape index (κ3) is 3.99. The predicted molar refractivity (Wildman–Crippen MR) is 109 cm³/mol. The molecule has 156 valence electrons. The molecule has 0 radical (unpaired) electrons. The van der Waals surface area contributed by atoms with Crippen LogP contribution in [-0.4, -0.2) is 34.7 Å². The van der Waals surface area contributed by atoms with Crippen molar-refractivity contribution in [2.24, 2.45) is 17.8 Å². The van der Waals surface area contributed by atoms with E-state index >= 15 is 0 Å². The number of carbonyl (C=O) groups is 2. The van der Waals surface area contributed by atoms with Crippen LogP contribution in [0.3, 0.4) is 0 Å². The molecule has 4 bridgehead atoms. The monoisotopic (exact) mass is 418 g/mol. The van der Waals surface area contributed by atoms with Gasteiger partial charge in [0.25, 0.3) is 11.6 Å². The summed E-state index contributed by atoms with van der Waals surface area (Å²) in [6, 6.07) is 4.22. The second-order valence-corrected chi connectivity index (χ2v) is 9.73. The predicted octanol–water partition coefficient (Wildman–Crippen LogP) is 3.95. The molecule has 8 heteroatoms. The Bertz CT molecular complexity index is 820. The maximum atomic E-state index is 12.8. The van der Waals surface area contributed by atoms with Gasteiger partial charge in [-0.25, -0.2) is 4.79 Å². The highest BCUT2D eigenvalue weighted by atomic mass is 32.2. The summed E-state index contributed by atoms with van der Waals surface area (Å²) in [6.07, 6.45) is 7.70. The van der Waals surface area contributed by atoms with Crippen LogP contribution in [0.1, 0.15) is 55.8 Å². The lowest BCUT2D eigenvalue weighted by Crippen LogP contribution is -2.61. The molecular weight excluding hydrogens is 392 g/mol. The zero-order chi connectivity index (χ0) is 20.8. The van der Waals surface area contributed by atoms with E-state index in [0.29, 0.717) is 22.6 Å². The summed E-state index contributed by atoms with van der Waals surface area (Å²) in [5, 5.41) is 14.4. The normalized spacial score (nSPS) is 30.6. The molecule has 1 aromatic rings. The first kappa shape index (κ1) is 20.2. The van der Waals surface area contributed by atoms with Gasteiger partial charge in [-0.3, -0.25) is 14.9 Å². The number of nitro benzene ring substituents is 1. The summed E-state index contributed by atoms with van der Waals surface area (Å²) < 4.78 is 5.34. The molecule has 1 aromatic carbocycles. The van der Waals surface area contributed by atoms with Crippen molar-refractivity contribution < 1.29 is 19.2 Å². The topological polar surface area (TPSA) is 98.5 Å². The van der Waals surface area contributed by atoms with Gasteiger partial charge in [-0.05, 0) is 81.6 Å². The van der Waals surface area contributed by atoms with Crippen molar-refractivity contribution >= 4 is 29.3 Å². The van der Waals surface area contributed by atoms with E-state index in [-0.39, 0.29) is 22.7 Å². The Hall–Kier alpha value is -2.09. The van der Waals surface area contributed by atoms with Crippen LogP contribution >= 0.6 is 11.8 Å². The number of benzene rings is 1. The molecule has 1 amide bonds. The number of nitrogens with one attached hydrogen (secondary N) is 1. The first-order chi connectivity index (χ1) is 13.8. The lowest BCUT2D eigenvalue weighted by Gasteiger charge is -2.57. The van der Waals surface area contributed by atoms with Crippen molar-refractivity contribution in [2.75, 3.05) is 6.26 Å². The summed E-state index contributed by atoms with van der Waals surface area (Å²) in [5.41, 5.74) is -0.216. The molecule has 5 rings (SSSR count). The van der Waals surface area contributed by atoms with Crippen LogP contribution in [0.15, 0.2) is 23.1 Å². The average molecular weight is 419 g/mol. The Morgan fingerprint density at radius 2 is 1.79 bits per heavy atom. The van der Waals surface area contributed by atoms with Crippen molar-refractivity contribution in [1.82, 2.24) is 5.32 Å². The van der Waals surface area contributed by atoms with Crippen LogP contribution in [-0.2, 0) is 9.53 Å². The largest absolute Gasteiger partial charge is 0.449 e. The van der Waals surface area contributed by atoms with Gasteiger partial charge < -0.3 is 10.1 Å². The minimum Gasteiger partial charge on any atom is -0.449 e. The first-order valence-electron chi connectivity index (χ1n) is 10.1. The maximum Gasteiger partial charge on any atom is 0.339 e. The Labute approximate surface area is 174 Å². The van der Waals surface area contributed by atoms with Gasteiger partial charge in [0.2, 0.25) is 0 Å². The number of ether oxygens (including phenoxy) is 1. The molecule has 0 heterocycles. The molecule has 29 heavy (non-hydrogen) atoms. The summed E-state index contributed by atoms with van der Waals surface area (Å²) in [5.74, 6) is 1.10. The second kappa shape index (κ2) is 7.63. The minimum atomic E-state index is -0.949. The van der Waals surface area contributed by atoms with E-state index in [2.05, 4.69) is 5.32 Å². The highest BCUT2D eigenvalue weighted by molar-refractivity contribution is 7.98. The molecule has 4 saturated carbocycles. The van der Waals surface area contributed by atoms with Crippen LogP contribution in [0.4, 0.5) is 5.69 Å². The van der Waals surface area contributed by atoms with E-state index in [1.807, 2.05) is 0 Å². The van der Waals surface area contributed by atoms with E-state index in [1.54, 1.807) is 13.2 Å². The Morgan fingerprint density at radius 3 is 2.31 bits per heavy atom. The van der Waals surface area contributed by atoms with Gasteiger partial charge in [-0.2, -0.15) is 0 Å². The quantitative estimate of drug-likeness (QED) is 0.325. The minimum absolute atomic E-state index is 0.0731. The molecule has 4 fully saturated rings. The zero-order valence-electron chi connectivity index (χ0n) is 16.7. The molecule has 0 unspecified atom stereocenters. The summed E-state index contributed by atoms with van der Waals surface area (Å²) in [7, 11) is 0. The van der Waals surface area contributed by atoms with Crippen LogP contribution in [0.5, 0.6) is 0 Å². The standard InChI is InChI=1S/C21H26N2O5S/c1-12(28-20(25)16-3-4-18(29-2)17(8-16)23(26)27)19(24)22-21-9-13-5-14(10-21)7-15(6-13)11-21/h3-4,8,12-15H,5-7,9-11H2,1-2H3,(H,22,24)/t12-,13?,14?,15?,21?/m1/s1. The van der Waals surface area contributed by atoms with E-state index in [0.717, 1.165) is 19.3 Å². The van der Waals surface area contributed by atoms with E-state index in [1.165, 1.54) is 49.2 Å². The Morgan fingerprint density at radius 1 is 1.21 bits per heavy atom. The number of carbonyl (C=O) groups excluding carboxylic acids is 2. The fourth-order valence-electron chi connectivity index (χ4n) is 5.87. The van der Waals surface area contributed by atoms with Gasteiger partial charge in [-0.1, -0.05) is 0 Å². The maximum absolute atomic E-state index is 12.8. The van der Waals surface area contributed by atoms with Gasteiger partial charge in [0.15, 0.2) is 6.10 Å². The van der Waals surface area contributed by atoms with Gasteiger partial charge >= 0.3 is 5.97 Å². The van der Waals surface area contributed by atoms with Crippen LogP contribution in [0.2, 0.25) is 0 Å². The second-order valence-electron chi connectivity index (χ2n) is 8.88. The summed E-state index contributed by atoms with van der Waals surface area (Å²) in [6.45, 7) is 1.55. The number of hydrogen-bond acceptors (Lipinski definition) is 6. The molecule has 0 aromatic heterocycles. The molecule has 0 saturated heterocycles. The molecule has 4 aliphatic carbocycles. The van der Waals surface area contributed by atoms with E-state index in [9.17, 15) is 19.7 Å². The van der Waals surface area contributed by atoms with Crippen LogP contribution in [0.25, 0.3) is 0 Å². The average Bonchev–Trinajstić information content (AvgIpc) is 2.65. The van der Waals surface area contributed by atoms with Gasteiger partial charge in [-0.15, -0.1) is 11.8 Å². The van der Waals surface area contributed by atoms with Crippen LogP contribution < -0.4 is 5.32 Å². The van der Waals surface area contributed by atoms with Crippen molar-refractivity contribution in [2.45, 2.75) is 62.0 Å². The van der Waals surface area contributed by atoms with Gasteiger partial charge in [0.1, 0.15) is 0 Å². The van der Waals surface area contributed by atoms with Gasteiger partial charge in [0, 0.05) is 11.6 Å². The third-order valence-corrected chi connectivity index (χ3v) is 7.48. The number of nitrogens with zero attached hydrogens (tertiary/aromatic N) is 1. The molecule has 4 aliphatic rings. The van der Waals surface area contributed by atoms with Crippen molar-refractivity contribution in [3.8, 4) is 0 Å². The summed E-state index contributed by atoms with van der Waals surface area (Å²) >= 11 is 1.24. The number of rotatable bonds is 6. The van der Waals surface area contributed by atoms with Crippen LogP contribution in [0, 0.1) is 27.9 Å². The molecule has 1 atom stereocenters. The summed E-state index contributed by atoms with van der Waals surface area (Å²) in [4.78, 5) is 36.4. The molecular formula is C21H26N2O5S. The number of thioether (sulfide) groups is 1. The first-order valence-corrected chi connectivity index (χ1v) is 11.4. The van der Waals surface area contributed by atoms with Gasteiger partial charge in [0.05, 0.1) is 15.4 Å². The molecule has 1 N–H and O–H groups in total. The fourth-order valence-corrected chi connectivity index (χ4v) is 6.42. The highest BCUT2D eigenvalue weighted by Gasteiger charge is 2.51. The van der Waals surface area contributed by atoms with Crippen molar-refractivity contribution in [3.05, 3.63) is 33.9 Å². The van der Waals surface area contributed by atoms with E-state index < -0.39 is 17.0 Å². The number of amides is 1. The lowest BCUT2D eigenvalue weighted by atomic mass is 9.53. The number of esters is 1. The zero-order valence-corrected chi connectivity index (χ0v) is 17.5. The van der Waals surface area contributed by atoms with E-state index in [4.69, 9.17) is 4.74 Å². The molecule has 0 aliphatic heterocycles. The lowest BCUT2D eigenvalue weighted by molar-refractivity contribution is -0.387. The number of nitro groups is 1. The fraction of sp³-hybridized carbons (Fsp3) is 0.619. The molecule has 0 spiro atoms. The van der Waals surface area contributed by atoms with Crippen molar-refractivity contribution in [3.63, 3.8) is 0 Å². The smallest absolute Gasteiger partial charge is 0.339 e. The number of hydrogen-bond donors (Lipinski definition) is 1. The Kier molecular flexibility index (Phi) is 5.31. The SMILES string of the molecule is CSc1ccc(C(=O)O[C@H](C)C(=O)NC23CC4CC(CC(C4)C2)C3)cc1[N+](=O)[O-]. The molecule has 7 nitrogen and oxygen atoms in total. The Balaban J connectivity index is 1.41. The van der Waals surface area contributed by atoms with Crippen molar-refractivity contribution in [1.29, 1.82) is 0 Å². The third-order valence-electron chi connectivity index (χ3n) is 6.69. The highest BCUT2D eigenvalue weighted by Crippen LogP contribution is 2.55.